The molecule has 0 aliphatic heterocycles. The van der Waals surface area contributed by atoms with Gasteiger partial charge in [0.2, 0.25) is 0 Å². The van der Waals surface area contributed by atoms with E-state index in [1.165, 1.54) is 11.1 Å². The third-order valence-corrected chi connectivity index (χ3v) is 4.51. The first-order valence-electron chi connectivity index (χ1n) is 9.17. The first-order chi connectivity index (χ1) is 12.1. The number of hydrogen-bond donors (Lipinski definition) is 2. The Hall–Kier alpha value is -1.57. The number of hydrogen-bond acceptors (Lipinski definition) is 2. The smallest absolute Gasteiger partial charge is 0.191 e. The van der Waals surface area contributed by atoms with E-state index < -0.39 is 0 Å². The molecule has 0 radical (unpaired) electrons. The Bertz CT molecular complexity index is 663. The minimum atomic E-state index is 0. The van der Waals surface area contributed by atoms with Crippen LogP contribution in [0.1, 0.15) is 49.7 Å². The van der Waals surface area contributed by atoms with Crippen molar-refractivity contribution in [2.24, 2.45) is 4.99 Å². The van der Waals surface area contributed by atoms with Crippen molar-refractivity contribution < 1.29 is 0 Å². The molecule has 1 aromatic carbocycles. The van der Waals surface area contributed by atoms with Crippen LogP contribution in [0.2, 0.25) is 0 Å². The molecule has 1 atom stereocenters. The molecule has 1 heterocycles. The quantitative estimate of drug-likeness (QED) is 0.265. The predicted molar refractivity (Wildman–Crippen MR) is 120 cm³/mol. The average molecular weight is 469 g/mol. The molecule has 6 heteroatoms. The van der Waals surface area contributed by atoms with Crippen molar-refractivity contribution in [3.8, 4) is 0 Å². The molecule has 2 aromatic rings. The number of aliphatic imine (C=N–C) groups is 1. The fourth-order valence-corrected chi connectivity index (χ4v) is 2.78. The molecular weight excluding hydrogens is 437 g/mol. The highest BCUT2D eigenvalue weighted by molar-refractivity contribution is 14.0. The van der Waals surface area contributed by atoms with Gasteiger partial charge in [-0.3, -0.25) is 4.99 Å². The summed E-state index contributed by atoms with van der Waals surface area (Å²) in [5.74, 6) is 1.93. The maximum Gasteiger partial charge on any atom is 0.191 e. The zero-order valence-corrected chi connectivity index (χ0v) is 18.7. The van der Waals surface area contributed by atoms with E-state index in [-0.39, 0.29) is 30.0 Å². The lowest BCUT2D eigenvalue weighted by Gasteiger charge is -2.18. The lowest BCUT2D eigenvalue weighted by Crippen LogP contribution is -2.39. The van der Waals surface area contributed by atoms with Crippen LogP contribution in [0.4, 0.5) is 0 Å². The number of aryl methyl sites for hydroxylation is 3. The van der Waals surface area contributed by atoms with Crippen LogP contribution in [0.15, 0.2) is 41.7 Å². The molecule has 0 aliphatic carbocycles. The zero-order chi connectivity index (χ0) is 18.1. The maximum absolute atomic E-state index is 4.33. The van der Waals surface area contributed by atoms with Crippen LogP contribution in [0.25, 0.3) is 0 Å². The number of guanidine groups is 1. The molecule has 0 amide bonds. The van der Waals surface area contributed by atoms with Gasteiger partial charge in [-0.1, -0.05) is 31.2 Å². The first-order valence-corrected chi connectivity index (χ1v) is 9.17. The van der Waals surface area contributed by atoms with Gasteiger partial charge >= 0.3 is 0 Å². The molecule has 1 unspecified atom stereocenters. The average Bonchev–Trinajstić information content (AvgIpc) is 3.05. The summed E-state index contributed by atoms with van der Waals surface area (Å²) in [6.45, 7) is 8.30. The second kappa shape index (κ2) is 11.9. The molecule has 0 saturated heterocycles. The third-order valence-electron chi connectivity index (χ3n) is 4.51. The Labute approximate surface area is 174 Å². The van der Waals surface area contributed by atoms with Crippen LogP contribution >= 0.6 is 24.0 Å². The minimum Gasteiger partial charge on any atom is -0.356 e. The molecule has 0 fully saturated rings. The Kier molecular flexibility index (Phi) is 10.3. The van der Waals surface area contributed by atoms with Crippen molar-refractivity contribution in [2.45, 2.75) is 52.6 Å². The van der Waals surface area contributed by atoms with Crippen LogP contribution in [0.3, 0.4) is 0 Å². The molecule has 5 nitrogen and oxygen atoms in total. The molecule has 144 valence electrons. The number of nitrogens with zero attached hydrogens (tertiary/aromatic N) is 3. The van der Waals surface area contributed by atoms with Crippen LogP contribution < -0.4 is 10.6 Å². The van der Waals surface area contributed by atoms with Gasteiger partial charge in [-0.05, 0) is 44.2 Å². The van der Waals surface area contributed by atoms with E-state index in [4.69, 9.17) is 0 Å². The number of nitrogens with one attached hydrogen (secondary N) is 2. The summed E-state index contributed by atoms with van der Waals surface area (Å²) in [5, 5.41) is 6.86. The highest BCUT2D eigenvalue weighted by Gasteiger charge is 2.07. The van der Waals surface area contributed by atoms with E-state index in [1.54, 1.807) is 0 Å². The van der Waals surface area contributed by atoms with Crippen LogP contribution in [0, 0.1) is 6.92 Å². The molecule has 26 heavy (non-hydrogen) atoms. The van der Waals surface area contributed by atoms with Gasteiger partial charge < -0.3 is 15.2 Å². The second-order valence-corrected chi connectivity index (χ2v) is 6.34. The number of aromatic nitrogens is 2. The van der Waals surface area contributed by atoms with Gasteiger partial charge in [0.15, 0.2) is 5.96 Å². The SMILES string of the molecule is CCc1ccc(C(C)NC(=NC)NCCCCn2ccnc2C)cc1.I. The molecule has 0 spiro atoms. The largest absolute Gasteiger partial charge is 0.356 e. The van der Waals surface area contributed by atoms with Crippen LogP contribution in [0.5, 0.6) is 0 Å². The van der Waals surface area contributed by atoms with Crippen molar-refractivity contribution in [1.29, 1.82) is 0 Å². The summed E-state index contributed by atoms with van der Waals surface area (Å²) < 4.78 is 2.19. The van der Waals surface area contributed by atoms with E-state index in [0.717, 1.165) is 44.1 Å². The van der Waals surface area contributed by atoms with Gasteiger partial charge in [0.05, 0.1) is 6.04 Å². The highest BCUT2D eigenvalue weighted by atomic mass is 127. The van der Waals surface area contributed by atoms with Crippen molar-refractivity contribution in [2.75, 3.05) is 13.6 Å². The summed E-state index contributed by atoms with van der Waals surface area (Å²) in [4.78, 5) is 8.58. The van der Waals surface area contributed by atoms with E-state index in [0.29, 0.717) is 0 Å². The van der Waals surface area contributed by atoms with Crippen LogP contribution in [-0.4, -0.2) is 29.1 Å². The topological polar surface area (TPSA) is 54.2 Å². The number of unbranched alkanes of at least 4 members (excludes halogenated alkanes) is 1. The number of imidazole rings is 1. The summed E-state index contributed by atoms with van der Waals surface area (Å²) >= 11 is 0. The van der Waals surface area contributed by atoms with Gasteiger partial charge in [-0.25, -0.2) is 4.98 Å². The molecule has 1 aromatic heterocycles. The highest BCUT2D eigenvalue weighted by Crippen LogP contribution is 2.13. The minimum absolute atomic E-state index is 0. The fraction of sp³-hybridized carbons (Fsp3) is 0.500. The normalized spacial score (nSPS) is 12.4. The number of rotatable bonds is 8. The Morgan fingerprint density at radius 3 is 2.54 bits per heavy atom. The monoisotopic (exact) mass is 469 g/mol. The Balaban J connectivity index is 0.00000338. The summed E-state index contributed by atoms with van der Waals surface area (Å²) in [6.07, 6.45) is 7.18. The standard InChI is InChI=1S/C20H31N5.HI/c1-5-18-8-10-19(11-9-18)16(2)24-20(21-4)23-12-6-7-14-25-15-13-22-17(25)3;/h8-11,13,15-16H,5-7,12,14H2,1-4H3,(H2,21,23,24);1H. The third kappa shape index (κ3) is 6.97. The molecule has 2 N–H and O–H groups in total. The lowest BCUT2D eigenvalue weighted by atomic mass is 10.1. The van der Waals surface area contributed by atoms with Gasteiger partial charge in [0, 0.05) is 32.5 Å². The van der Waals surface area contributed by atoms with E-state index in [9.17, 15) is 0 Å². The fourth-order valence-electron chi connectivity index (χ4n) is 2.78. The van der Waals surface area contributed by atoms with E-state index in [1.807, 2.05) is 26.4 Å². The molecule has 0 bridgehead atoms. The van der Waals surface area contributed by atoms with E-state index >= 15 is 0 Å². The lowest BCUT2D eigenvalue weighted by molar-refractivity contribution is 0.585. The van der Waals surface area contributed by atoms with Crippen molar-refractivity contribution in [3.05, 3.63) is 53.6 Å². The first kappa shape index (κ1) is 22.5. The molecular formula is C20H32IN5. The number of halogens is 1. The summed E-state index contributed by atoms with van der Waals surface area (Å²) in [6, 6.07) is 9.00. The van der Waals surface area contributed by atoms with Crippen LogP contribution in [-0.2, 0) is 13.0 Å². The van der Waals surface area contributed by atoms with Gasteiger partial charge in [-0.15, -0.1) is 24.0 Å². The predicted octanol–water partition coefficient (Wildman–Crippen LogP) is 4.08. The van der Waals surface area contributed by atoms with Crippen molar-refractivity contribution >= 4 is 29.9 Å². The van der Waals surface area contributed by atoms with Crippen molar-refractivity contribution in [3.63, 3.8) is 0 Å². The molecule has 2 rings (SSSR count). The zero-order valence-electron chi connectivity index (χ0n) is 16.3. The molecule has 0 aliphatic rings. The van der Waals surface area contributed by atoms with Gasteiger partial charge in [-0.2, -0.15) is 0 Å². The number of benzene rings is 1. The Morgan fingerprint density at radius 2 is 1.96 bits per heavy atom. The molecule has 0 saturated carbocycles. The summed E-state index contributed by atoms with van der Waals surface area (Å²) in [7, 11) is 1.82. The van der Waals surface area contributed by atoms with Crippen molar-refractivity contribution in [1.82, 2.24) is 20.2 Å². The maximum atomic E-state index is 4.33. The van der Waals surface area contributed by atoms with Gasteiger partial charge in [0.1, 0.15) is 5.82 Å². The van der Waals surface area contributed by atoms with E-state index in [2.05, 4.69) is 63.3 Å². The Morgan fingerprint density at radius 1 is 1.23 bits per heavy atom. The second-order valence-electron chi connectivity index (χ2n) is 6.34. The van der Waals surface area contributed by atoms with Gasteiger partial charge in [0.25, 0.3) is 0 Å². The summed E-state index contributed by atoms with van der Waals surface area (Å²) in [5.41, 5.74) is 2.64.